The summed E-state index contributed by atoms with van der Waals surface area (Å²) < 4.78 is 5.60. The van der Waals surface area contributed by atoms with Gasteiger partial charge in [0.25, 0.3) is 0 Å². The lowest BCUT2D eigenvalue weighted by Gasteiger charge is -2.25. The summed E-state index contributed by atoms with van der Waals surface area (Å²) in [6.07, 6.45) is 0.858. The Morgan fingerprint density at radius 2 is 1.74 bits per heavy atom. The van der Waals surface area contributed by atoms with Gasteiger partial charge in [-0.15, -0.1) is 0 Å². The van der Waals surface area contributed by atoms with Crippen LogP contribution in [0.15, 0.2) is 24.3 Å². The van der Waals surface area contributed by atoms with Crippen LogP contribution in [0.4, 0.5) is 0 Å². The van der Waals surface area contributed by atoms with Crippen molar-refractivity contribution in [1.82, 2.24) is 5.32 Å². The van der Waals surface area contributed by atoms with Crippen molar-refractivity contribution in [2.75, 3.05) is 6.54 Å². The largest absolute Gasteiger partial charge is 0.491 e. The standard InChI is InChI=1S/C16H27NO2/c1-12(2)17-11-10-16(5,18)14-6-8-15(9-7-14)19-13(3)4/h6-9,12-13,17-18H,10-11H2,1-5H3. The summed E-state index contributed by atoms with van der Waals surface area (Å²) in [6, 6.07) is 8.15. The van der Waals surface area contributed by atoms with E-state index in [9.17, 15) is 5.11 Å². The Morgan fingerprint density at radius 1 is 1.16 bits per heavy atom. The monoisotopic (exact) mass is 265 g/mol. The first-order valence-electron chi connectivity index (χ1n) is 7.04. The van der Waals surface area contributed by atoms with E-state index in [1.54, 1.807) is 0 Å². The maximum atomic E-state index is 10.5. The van der Waals surface area contributed by atoms with Crippen molar-refractivity contribution in [3.05, 3.63) is 29.8 Å². The van der Waals surface area contributed by atoms with Crippen LogP contribution in [-0.4, -0.2) is 23.8 Å². The Kier molecular flexibility index (Phi) is 5.83. The molecular formula is C16H27NO2. The van der Waals surface area contributed by atoms with Crippen molar-refractivity contribution in [2.45, 2.75) is 58.8 Å². The van der Waals surface area contributed by atoms with Gasteiger partial charge < -0.3 is 15.2 Å². The third-order valence-electron chi connectivity index (χ3n) is 3.01. The minimum atomic E-state index is -0.807. The lowest BCUT2D eigenvalue weighted by atomic mass is 9.92. The molecule has 3 heteroatoms. The van der Waals surface area contributed by atoms with Crippen molar-refractivity contribution in [3.8, 4) is 5.75 Å². The lowest BCUT2D eigenvalue weighted by Crippen LogP contribution is -2.31. The van der Waals surface area contributed by atoms with Crippen LogP contribution < -0.4 is 10.1 Å². The van der Waals surface area contributed by atoms with Gasteiger partial charge in [-0.3, -0.25) is 0 Å². The molecule has 0 saturated heterocycles. The molecule has 0 aliphatic carbocycles. The fraction of sp³-hybridized carbons (Fsp3) is 0.625. The number of hydrogen-bond donors (Lipinski definition) is 2. The first-order chi connectivity index (χ1) is 8.81. The number of hydrogen-bond acceptors (Lipinski definition) is 3. The molecule has 0 heterocycles. The van der Waals surface area contributed by atoms with Crippen molar-refractivity contribution in [1.29, 1.82) is 0 Å². The van der Waals surface area contributed by atoms with Crippen LogP contribution >= 0.6 is 0 Å². The highest BCUT2D eigenvalue weighted by Crippen LogP contribution is 2.26. The minimum Gasteiger partial charge on any atom is -0.491 e. The summed E-state index contributed by atoms with van der Waals surface area (Å²) in [5.41, 5.74) is 0.118. The van der Waals surface area contributed by atoms with E-state index >= 15 is 0 Å². The van der Waals surface area contributed by atoms with E-state index in [4.69, 9.17) is 4.74 Å². The van der Waals surface area contributed by atoms with E-state index in [0.717, 1.165) is 17.9 Å². The Balaban J connectivity index is 2.62. The number of ether oxygens (including phenoxy) is 1. The van der Waals surface area contributed by atoms with E-state index in [1.165, 1.54) is 0 Å². The molecule has 0 bridgehead atoms. The molecule has 1 aromatic carbocycles. The zero-order valence-electron chi connectivity index (χ0n) is 12.7. The fourth-order valence-corrected chi connectivity index (χ4v) is 1.91. The predicted molar refractivity (Wildman–Crippen MR) is 79.5 cm³/mol. The van der Waals surface area contributed by atoms with Gasteiger partial charge in [-0.2, -0.15) is 0 Å². The SMILES string of the molecule is CC(C)NCCC(C)(O)c1ccc(OC(C)C)cc1. The van der Waals surface area contributed by atoms with Gasteiger partial charge in [-0.1, -0.05) is 26.0 Å². The second-order valence-electron chi connectivity index (χ2n) is 5.82. The van der Waals surface area contributed by atoms with Crippen LogP contribution in [0.5, 0.6) is 5.75 Å². The van der Waals surface area contributed by atoms with Crippen molar-refractivity contribution in [2.24, 2.45) is 0 Å². The molecule has 0 saturated carbocycles. The van der Waals surface area contributed by atoms with Gasteiger partial charge in [0.2, 0.25) is 0 Å². The Bertz CT molecular complexity index is 369. The molecular weight excluding hydrogens is 238 g/mol. The molecule has 0 spiro atoms. The minimum absolute atomic E-state index is 0.168. The van der Waals surface area contributed by atoms with E-state index < -0.39 is 5.60 Å². The smallest absolute Gasteiger partial charge is 0.119 e. The van der Waals surface area contributed by atoms with Crippen molar-refractivity contribution >= 4 is 0 Å². The Morgan fingerprint density at radius 3 is 2.21 bits per heavy atom. The van der Waals surface area contributed by atoms with Gasteiger partial charge >= 0.3 is 0 Å². The fourth-order valence-electron chi connectivity index (χ4n) is 1.91. The van der Waals surface area contributed by atoms with Crippen molar-refractivity contribution < 1.29 is 9.84 Å². The van der Waals surface area contributed by atoms with Crippen molar-refractivity contribution in [3.63, 3.8) is 0 Å². The first kappa shape index (κ1) is 16.0. The summed E-state index contributed by atoms with van der Waals surface area (Å²) >= 11 is 0. The summed E-state index contributed by atoms with van der Waals surface area (Å²) in [4.78, 5) is 0. The molecule has 3 nitrogen and oxygen atoms in total. The topological polar surface area (TPSA) is 41.5 Å². The molecule has 1 unspecified atom stereocenters. The second-order valence-corrected chi connectivity index (χ2v) is 5.82. The number of aliphatic hydroxyl groups is 1. The van der Waals surface area contributed by atoms with Gasteiger partial charge in [0.1, 0.15) is 5.75 Å². The predicted octanol–water partition coefficient (Wildman–Crippen LogP) is 3.07. The van der Waals surface area contributed by atoms with Crippen LogP contribution in [0.1, 0.15) is 46.6 Å². The van der Waals surface area contributed by atoms with Gasteiger partial charge in [0.05, 0.1) is 11.7 Å². The normalized spacial score (nSPS) is 14.7. The second kappa shape index (κ2) is 6.92. The van der Waals surface area contributed by atoms with E-state index in [2.05, 4.69) is 19.2 Å². The number of rotatable bonds is 7. The third-order valence-corrected chi connectivity index (χ3v) is 3.01. The van der Waals surface area contributed by atoms with Crippen LogP contribution in [0, 0.1) is 0 Å². The molecule has 0 aliphatic rings. The highest BCUT2D eigenvalue weighted by Gasteiger charge is 2.22. The molecule has 1 rings (SSSR count). The molecule has 108 valence electrons. The van der Waals surface area contributed by atoms with Gasteiger partial charge in [-0.05, 0) is 51.4 Å². The van der Waals surface area contributed by atoms with E-state index in [0.29, 0.717) is 12.5 Å². The summed E-state index contributed by atoms with van der Waals surface area (Å²) in [5.74, 6) is 0.842. The molecule has 0 aliphatic heterocycles. The first-order valence-corrected chi connectivity index (χ1v) is 7.04. The van der Waals surface area contributed by atoms with E-state index in [-0.39, 0.29) is 6.10 Å². The zero-order chi connectivity index (χ0) is 14.5. The van der Waals surface area contributed by atoms with Crippen LogP contribution in [0.2, 0.25) is 0 Å². The Labute approximate surface area is 117 Å². The van der Waals surface area contributed by atoms with Gasteiger partial charge in [-0.25, -0.2) is 0 Å². The average Bonchev–Trinajstić information content (AvgIpc) is 2.28. The number of benzene rings is 1. The van der Waals surface area contributed by atoms with Gasteiger partial charge in [0, 0.05) is 6.04 Å². The summed E-state index contributed by atoms with van der Waals surface area (Å²) in [5, 5.41) is 13.8. The summed E-state index contributed by atoms with van der Waals surface area (Å²) in [7, 11) is 0. The Hall–Kier alpha value is -1.06. The molecule has 1 aromatic rings. The average molecular weight is 265 g/mol. The van der Waals surface area contributed by atoms with Crippen LogP contribution in [0.3, 0.4) is 0 Å². The molecule has 2 N–H and O–H groups in total. The summed E-state index contributed by atoms with van der Waals surface area (Å²) in [6.45, 7) is 10.9. The lowest BCUT2D eigenvalue weighted by molar-refractivity contribution is 0.0475. The highest BCUT2D eigenvalue weighted by atomic mass is 16.5. The molecule has 19 heavy (non-hydrogen) atoms. The third kappa shape index (κ3) is 5.62. The molecule has 0 amide bonds. The quantitative estimate of drug-likeness (QED) is 0.796. The highest BCUT2D eigenvalue weighted by molar-refractivity contribution is 5.30. The van der Waals surface area contributed by atoms with E-state index in [1.807, 2.05) is 45.0 Å². The maximum Gasteiger partial charge on any atom is 0.119 e. The maximum absolute atomic E-state index is 10.5. The molecule has 0 radical (unpaired) electrons. The molecule has 1 atom stereocenters. The zero-order valence-corrected chi connectivity index (χ0v) is 12.7. The van der Waals surface area contributed by atoms with Crippen LogP contribution in [-0.2, 0) is 5.60 Å². The number of nitrogens with one attached hydrogen (secondary N) is 1. The van der Waals surface area contributed by atoms with Gasteiger partial charge in [0.15, 0.2) is 0 Å². The molecule has 0 aromatic heterocycles. The molecule has 0 fully saturated rings. The van der Waals surface area contributed by atoms with Crippen LogP contribution in [0.25, 0.3) is 0 Å².